The smallest absolute Gasteiger partial charge is 0.204 e. The molecule has 122 valence electrons. The van der Waals surface area contributed by atoms with Gasteiger partial charge >= 0.3 is 0 Å². The Morgan fingerprint density at radius 2 is 1.92 bits per heavy atom. The molecule has 0 fully saturated rings. The van der Waals surface area contributed by atoms with E-state index in [1.54, 1.807) is 21.7 Å². The Kier molecular flexibility index (Phi) is 2.83. The fourth-order valence-electron chi connectivity index (χ4n) is 2.69. The Labute approximate surface area is 140 Å². The number of tetrazole rings is 1. The van der Waals surface area contributed by atoms with Crippen molar-refractivity contribution in [3.8, 4) is 11.4 Å². The van der Waals surface area contributed by atoms with E-state index in [1.165, 1.54) is 4.80 Å². The average molecular weight is 332 g/mol. The summed E-state index contributed by atoms with van der Waals surface area (Å²) < 4.78 is 3.34. The van der Waals surface area contributed by atoms with Crippen molar-refractivity contribution in [1.82, 2.24) is 49.6 Å². The van der Waals surface area contributed by atoms with Crippen molar-refractivity contribution in [3.05, 3.63) is 48.7 Å². The van der Waals surface area contributed by atoms with E-state index in [2.05, 4.69) is 35.6 Å². The first-order chi connectivity index (χ1) is 12.3. The van der Waals surface area contributed by atoms with Gasteiger partial charge in [-0.05, 0) is 5.21 Å². The van der Waals surface area contributed by atoms with E-state index in [-0.39, 0.29) is 0 Å². The zero-order chi connectivity index (χ0) is 16.8. The molecule has 4 aromatic heterocycles. The van der Waals surface area contributed by atoms with Crippen LogP contribution in [-0.2, 0) is 13.6 Å². The maximum Gasteiger partial charge on any atom is 0.204 e. The van der Waals surface area contributed by atoms with E-state index in [1.807, 2.05) is 37.4 Å². The van der Waals surface area contributed by atoms with Crippen LogP contribution in [0.25, 0.3) is 28.1 Å². The molecule has 0 spiro atoms. The zero-order valence-corrected chi connectivity index (χ0v) is 13.2. The lowest BCUT2D eigenvalue weighted by Crippen LogP contribution is -2.05. The molecule has 4 heterocycles. The van der Waals surface area contributed by atoms with Crippen LogP contribution in [0.3, 0.4) is 0 Å². The lowest BCUT2D eigenvalue weighted by Gasteiger charge is -1.93. The van der Waals surface area contributed by atoms with Crippen LogP contribution in [0.5, 0.6) is 0 Å². The van der Waals surface area contributed by atoms with E-state index in [0.717, 1.165) is 16.6 Å². The van der Waals surface area contributed by atoms with E-state index in [0.29, 0.717) is 23.8 Å². The summed E-state index contributed by atoms with van der Waals surface area (Å²) in [5, 5.41) is 22.0. The second-order valence-corrected chi connectivity index (χ2v) is 5.56. The molecule has 0 saturated heterocycles. The first-order valence-electron chi connectivity index (χ1n) is 7.63. The van der Waals surface area contributed by atoms with Crippen LogP contribution < -0.4 is 0 Å². The highest BCUT2D eigenvalue weighted by Crippen LogP contribution is 2.16. The summed E-state index contributed by atoms with van der Waals surface area (Å²) in [5.74, 6) is 1.15. The van der Waals surface area contributed by atoms with Gasteiger partial charge in [0.1, 0.15) is 12.9 Å². The van der Waals surface area contributed by atoms with Crippen molar-refractivity contribution >= 4 is 16.7 Å². The number of nitrogens with zero attached hydrogens (tertiary/aromatic N) is 10. The number of benzene rings is 1. The predicted molar refractivity (Wildman–Crippen MR) is 87.4 cm³/mol. The van der Waals surface area contributed by atoms with Gasteiger partial charge in [-0.1, -0.05) is 30.3 Å². The highest BCUT2D eigenvalue weighted by atomic mass is 15.6. The minimum Gasteiger partial charge on any atom is -0.250 e. The monoisotopic (exact) mass is 332 g/mol. The number of aryl methyl sites for hydroxylation is 1. The van der Waals surface area contributed by atoms with Crippen LogP contribution in [0.2, 0.25) is 0 Å². The van der Waals surface area contributed by atoms with Gasteiger partial charge in [-0.3, -0.25) is 4.68 Å². The number of hydrogen-bond donors (Lipinski definition) is 0. The Morgan fingerprint density at radius 3 is 2.80 bits per heavy atom. The summed E-state index contributed by atoms with van der Waals surface area (Å²) in [7, 11) is 1.84. The molecule has 10 nitrogen and oxygen atoms in total. The molecular formula is C15H12N10. The number of hydrogen-bond acceptors (Lipinski definition) is 7. The van der Waals surface area contributed by atoms with Gasteiger partial charge < -0.3 is 0 Å². The van der Waals surface area contributed by atoms with Crippen LogP contribution in [0, 0.1) is 0 Å². The first kappa shape index (κ1) is 13.7. The Bertz CT molecular complexity index is 1180. The summed E-state index contributed by atoms with van der Waals surface area (Å²) in [4.78, 5) is 10.4. The van der Waals surface area contributed by atoms with E-state index >= 15 is 0 Å². The van der Waals surface area contributed by atoms with Crippen molar-refractivity contribution in [2.45, 2.75) is 6.54 Å². The van der Waals surface area contributed by atoms with E-state index in [4.69, 9.17) is 0 Å². The first-order valence-corrected chi connectivity index (χ1v) is 7.63. The minimum absolute atomic E-state index is 0.323. The topological polar surface area (TPSA) is 105 Å². The van der Waals surface area contributed by atoms with Gasteiger partial charge in [0.25, 0.3) is 0 Å². The van der Waals surface area contributed by atoms with E-state index < -0.39 is 0 Å². The van der Waals surface area contributed by atoms with Crippen molar-refractivity contribution < 1.29 is 0 Å². The van der Waals surface area contributed by atoms with E-state index in [9.17, 15) is 0 Å². The van der Waals surface area contributed by atoms with Crippen LogP contribution in [-0.4, -0.2) is 49.6 Å². The molecule has 0 aliphatic rings. The third-order valence-electron chi connectivity index (χ3n) is 3.88. The van der Waals surface area contributed by atoms with Crippen LogP contribution in [0.4, 0.5) is 0 Å². The summed E-state index contributed by atoms with van der Waals surface area (Å²) in [6, 6.07) is 9.70. The summed E-state index contributed by atoms with van der Waals surface area (Å²) in [6.45, 7) is 0.323. The van der Waals surface area contributed by atoms with Crippen molar-refractivity contribution in [1.29, 1.82) is 0 Å². The van der Waals surface area contributed by atoms with Gasteiger partial charge in [-0.2, -0.15) is 9.90 Å². The normalized spacial score (nSPS) is 11.6. The molecule has 0 unspecified atom stereocenters. The molecular weight excluding hydrogens is 320 g/mol. The van der Waals surface area contributed by atoms with Crippen LogP contribution in [0.1, 0.15) is 5.82 Å². The maximum atomic E-state index is 4.56. The van der Waals surface area contributed by atoms with Gasteiger partial charge in [0.15, 0.2) is 17.1 Å². The molecule has 0 radical (unpaired) electrons. The number of aromatic nitrogens is 10. The largest absolute Gasteiger partial charge is 0.250 e. The quantitative estimate of drug-likeness (QED) is 0.479. The summed E-state index contributed by atoms with van der Waals surface area (Å²) >= 11 is 0. The third-order valence-corrected chi connectivity index (χ3v) is 3.88. The van der Waals surface area contributed by atoms with Crippen LogP contribution in [0.15, 0.2) is 42.9 Å². The average Bonchev–Trinajstić information content (AvgIpc) is 3.34. The molecule has 1 aromatic carbocycles. The summed E-state index contributed by atoms with van der Waals surface area (Å²) in [6.07, 6.45) is 3.36. The van der Waals surface area contributed by atoms with Gasteiger partial charge in [0.05, 0.1) is 11.6 Å². The minimum atomic E-state index is 0.323. The molecule has 0 N–H and O–H groups in total. The predicted octanol–water partition coefficient (Wildman–Crippen LogP) is 0.713. The third kappa shape index (κ3) is 2.23. The fourth-order valence-corrected chi connectivity index (χ4v) is 2.69. The lowest BCUT2D eigenvalue weighted by molar-refractivity contribution is 0.554. The number of fused-ring (bicyclic) bond motifs is 3. The molecule has 0 saturated carbocycles. The molecule has 0 aliphatic heterocycles. The Morgan fingerprint density at radius 1 is 1.04 bits per heavy atom. The Balaban J connectivity index is 1.50. The molecule has 0 atom stereocenters. The Hall–Kier alpha value is -3.69. The van der Waals surface area contributed by atoms with Gasteiger partial charge in [0.2, 0.25) is 5.82 Å². The molecule has 0 bridgehead atoms. The second kappa shape index (κ2) is 5.16. The molecule has 0 amide bonds. The molecule has 0 aliphatic carbocycles. The summed E-state index contributed by atoms with van der Waals surface area (Å²) in [5.41, 5.74) is 2.38. The lowest BCUT2D eigenvalue weighted by atomic mass is 10.2. The number of rotatable bonds is 3. The maximum absolute atomic E-state index is 4.56. The fraction of sp³-hybridized carbons (Fsp3) is 0.133. The zero-order valence-electron chi connectivity index (χ0n) is 13.2. The highest BCUT2D eigenvalue weighted by Gasteiger charge is 2.13. The SMILES string of the molecule is Cn1ncc2c1ncn1nc(Cn3nnc(-c4ccccc4)n3)nc21. The molecule has 10 heteroatoms. The highest BCUT2D eigenvalue weighted by molar-refractivity contribution is 5.88. The van der Waals surface area contributed by atoms with Crippen molar-refractivity contribution in [3.63, 3.8) is 0 Å². The van der Waals surface area contributed by atoms with Gasteiger partial charge in [0, 0.05) is 12.6 Å². The standard InChI is InChI=1S/C15H12N10/c1-23-14-11(7-17-23)15-18-12(20-24(15)9-16-14)8-25-21-13(19-22-25)10-5-3-2-4-6-10/h2-7,9H,8H2,1H3. The van der Waals surface area contributed by atoms with Crippen molar-refractivity contribution in [2.75, 3.05) is 0 Å². The van der Waals surface area contributed by atoms with Gasteiger partial charge in [-0.25, -0.2) is 14.5 Å². The van der Waals surface area contributed by atoms with Crippen molar-refractivity contribution in [2.24, 2.45) is 7.05 Å². The molecule has 5 aromatic rings. The molecule has 5 rings (SSSR count). The van der Waals surface area contributed by atoms with Gasteiger partial charge in [-0.15, -0.1) is 15.3 Å². The second-order valence-electron chi connectivity index (χ2n) is 5.56. The molecule has 25 heavy (non-hydrogen) atoms. The van der Waals surface area contributed by atoms with Crippen LogP contribution >= 0.6 is 0 Å².